The number of rotatable bonds is 3. The van der Waals surface area contributed by atoms with E-state index in [-0.39, 0.29) is 5.91 Å². The molecule has 0 unspecified atom stereocenters. The van der Waals surface area contributed by atoms with E-state index >= 15 is 0 Å². The highest BCUT2D eigenvalue weighted by molar-refractivity contribution is 8.18. The van der Waals surface area contributed by atoms with Gasteiger partial charge in [-0.2, -0.15) is 0 Å². The lowest BCUT2D eigenvalue weighted by Gasteiger charge is -2.03. The standard InChI is InChI=1S/C18H15ClN2O2S/c1-11-7-8-13(19)10-14(11)20-18-21-17(22)16(24-18)9-12-5-3-4-6-15(12)23-2/h3-10H,1-2H3,(H,20,21,22)/b16-9-. The second-order valence-electron chi connectivity index (χ2n) is 5.15. The summed E-state index contributed by atoms with van der Waals surface area (Å²) in [4.78, 5) is 17.2. The van der Waals surface area contributed by atoms with Crippen molar-refractivity contribution in [2.75, 3.05) is 7.11 Å². The average molecular weight is 359 g/mol. The average Bonchev–Trinajstić information content (AvgIpc) is 2.91. The lowest BCUT2D eigenvalue weighted by Crippen LogP contribution is -2.19. The maximum Gasteiger partial charge on any atom is 0.264 e. The number of aryl methyl sites for hydroxylation is 1. The van der Waals surface area contributed by atoms with Crippen molar-refractivity contribution in [2.45, 2.75) is 6.92 Å². The quantitative estimate of drug-likeness (QED) is 0.819. The molecule has 1 aliphatic rings. The summed E-state index contributed by atoms with van der Waals surface area (Å²) in [5.74, 6) is 0.541. The number of benzene rings is 2. The van der Waals surface area contributed by atoms with Gasteiger partial charge in [0.2, 0.25) is 0 Å². The molecule has 3 rings (SSSR count). The maximum atomic E-state index is 12.2. The van der Waals surface area contributed by atoms with Gasteiger partial charge in [-0.3, -0.25) is 4.79 Å². The topological polar surface area (TPSA) is 50.7 Å². The first-order valence-corrected chi connectivity index (χ1v) is 8.45. The highest BCUT2D eigenvalue weighted by Crippen LogP contribution is 2.31. The number of para-hydroxylation sites is 1. The number of halogens is 1. The SMILES string of the molecule is COc1ccccc1/C=C1\SC(=Nc2cc(Cl)ccc2C)NC1=O. The van der Waals surface area contributed by atoms with Crippen LogP contribution < -0.4 is 10.1 Å². The Bertz CT molecular complexity index is 862. The van der Waals surface area contributed by atoms with E-state index in [4.69, 9.17) is 16.3 Å². The van der Waals surface area contributed by atoms with Crippen LogP contribution in [0.15, 0.2) is 52.4 Å². The molecule has 2 aromatic rings. The summed E-state index contributed by atoms with van der Waals surface area (Å²) in [6.45, 7) is 1.95. The predicted octanol–water partition coefficient (Wildman–Crippen LogP) is 4.55. The number of carbonyl (C=O) groups is 1. The van der Waals surface area contributed by atoms with Gasteiger partial charge in [-0.25, -0.2) is 4.99 Å². The van der Waals surface area contributed by atoms with Gasteiger partial charge < -0.3 is 10.1 Å². The minimum atomic E-state index is -0.177. The molecule has 0 atom stereocenters. The van der Waals surface area contributed by atoms with E-state index in [1.807, 2.05) is 43.3 Å². The van der Waals surface area contributed by atoms with Crippen molar-refractivity contribution in [2.24, 2.45) is 4.99 Å². The second kappa shape index (κ2) is 7.11. The Morgan fingerprint density at radius 1 is 1.25 bits per heavy atom. The number of methoxy groups -OCH3 is 1. The molecule has 1 fully saturated rings. The van der Waals surface area contributed by atoms with Crippen molar-refractivity contribution in [3.8, 4) is 5.75 Å². The Hall–Kier alpha value is -2.24. The Morgan fingerprint density at radius 2 is 2.04 bits per heavy atom. The Balaban J connectivity index is 1.89. The van der Waals surface area contributed by atoms with E-state index in [0.29, 0.717) is 15.1 Å². The molecule has 1 N–H and O–H groups in total. The first-order valence-electron chi connectivity index (χ1n) is 7.25. The monoisotopic (exact) mass is 358 g/mol. The summed E-state index contributed by atoms with van der Waals surface area (Å²) in [5.41, 5.74) is 2.57. The summed E-state index contributed by atoms with van der Waals surface area (Å²) < 4.78 is 5.31. The van der Waals surface area contributed by atoms with Gasteiger partial charge in [-0.15, -0.1) is 0 Å². The van der Waals surface area contributed by atoms with Gasteiger partial charge in [-0.1, -0.05) is 35.9 Å². The fraction of sp³-hybridized carbons (Fsp3) is 0.111. The molecule has 122 valence electrons. The van der Waals surface area contributed by atoms with Crippen molar-refractivity contribution in [1.29, 1.82) is 0 Å². The fourth-order valence-electron chi connectivity index (χ4n) is 2.22. The number of hydrogen-bond acceptors (Lipinski definition) is 4. The predicted molar refractivity (Wildman–Crippen MR) is 100.0 cm³/mol. The molecular weight excluding hydrogens is 344 g/mol. The molecule has 0 aromatic heterocycles. The van der Waals surface area contributed by atoms with E-state index in [1.54, 1.807) is 19.3 Å². The molecule has 24 heavy (non-hydrogen) atoms. The van der Waals surface area contributed by atoms with Crippen LogP contribution in [0.25, 0.3) is 6.08 Å². The Kier molecular flexibility index (Phi) is 4.92. The number of carbonyl (C=O) groups excluding carboxylic acids is 1. The van der Waals surface area contributed by atoms with Gasteiger partial charge in [0.15, 0.2) is 5.17 Å². The van der Waals surface area contributed by atoms with Gasteiger partial charge in [-0.05, 0) is 48.5 Å². The molecule has 0 saturated carbocycles. The van der Waals surface area contributed by atoms with E-state index in [9.17, 15) is 4.79 Å². The van der Waals surface area contributed by atoms with Crippen LogP contribution in [-0.2, 0) is 4.79 Å². The number of amidine groups is 1. The second-order valence-corrected chi connectivity index (χ2v) is 6.62. The summed E-state index contributed by atoms with van der Waals surface area (Å²) in [5, 5.41) is 3.92. The van der Waals surface area contributed by atoms with Crippen molar-refractivity contribution in [1.82, 2.24) is 5.32 Å². The van der Waals surface area contributed by atoms with Gasteiger partial charge in [0.25, 0.3) is 5.91 Å². The van der Waals surface area contributed by atoms with Crippen molar-refractivity contribution in [3.63, 3.8) is 0 Å². The van der Waals surface area contributed by atoms with Crippen LogP contribution in [0.4, 0.5) is 5.69 Å². The summed E-state index contributed by atoms with van der Waals surface area (Å²) in [6.07, 6.45) is 1.80. The van der Waals surface area contributed by atoms with E-state index in [2.05, 4.69) is 10.3 Å². The summed E-state index contributed by atoms with van der Waals surface area (Å²) >= 11 is 7.31. The van der Waals surface area contributed by atoms with Crippen LogP contribution in [0.3, 0.4) is 0 Å². The van der Waals surface area contributed by atoms with Crippen LogP contribution in [0.5, 0.6) is 5.75 Å². The Morgan fingerprint density at radius 3 is 2.83 bits per heavy atom. The zero-order valence-corrected chi connectivity index (χ0v) is 14.7. The summed E-state index contributed by atoms with van der Waals surface area (Å²) in [6, 6.07) is 13.0. The van der Waals surface area contributed by atoms with Crippen molar-refractivity contribution in [3.05, 3.63) is 63.5 Å². The van der Waals surface area contributed by atoms with E-state index < -0.39 is 0 Å². The molecule has 1 heterocycles. The highest BCUT2D eigenvalue weighted by Gasteiger charge is 2.24. The van der Waals surface area contributed by atoms with Gasteiger partial charge >= 0.3 is 0 Å². The molecule has 1 amide bonds. The Labute approximate surface area is 149 Å². The molecule has 0 bridgehead atoms. The maximum absolute atomic E-state index is 12.2. The molecule has 4 nitrogen and oxygen atoms in total. The minimum absolute atomic E-state index is 0.177. The first kappa shape index (κ1) is 16.6. The number of thioether (sulfide) groups is 1. The zero-order chi connectivity index (χ0) is 17.1. The first-order chi connectivity index (χ1) is 11.6. The molecule has 1 saturated heterocycles. The van der Waals surface area contributed by atoms with Gasteiger partial charge in [0.05, 0.1) is 17.7 Å². The smallest absolute Gasteiger partial charge is 0.264 e. The van der Waals surface area contributed by atoms with Crippen LogP contribution in [-0.4, -0.2) is 18.2 Å². The molecule has 1 aliphatic heterocycles. The van der Waals surface area contributed by atoms with Crippen LogP contribution in [0.1, 0.15) is 11.1 Å². The number of nitrogens with one attached hydrogen (secondary N) is 1. The molecular formula is C18H15ClN2O2S. The minimum Gasteiger partial charge on any atom is -0.496 e. The van der Waals surface area contributed by atoms with Gasteiger partial charge in [0, 0.05) is 10.6 Å². The molecule has 6 heteroatoms. The van der Waals surface area contributed by atoms with Crippen LogP contribution >= 0.6 is 23.4 Å². The number of hydrogen-bond donors (Lipinski definition) is 1. The van der Waals surface area contributed by atoms with Gasteiger partial charge in [0.1, 0.15) is 5.75 Å². The zero-order valence-electron chi connectivity index (χ0n) is 13.2. The number of ether oxygens (including phenoxy) is 1. The van der Waals surface area contributed by atoms with E-state index in [1.165, 1.54) is 11.8 Å². The molecule has 0 aliphatic carbocycles. The van der Waals surface area contributed by atoms with Crippen LogP contribution in [0, 0.1) is 6.92 Å². The largest absolute Gasteiger partial charge is 0.496 e. The lowest BCUT2D eigenvalue weighted by atomic mass is 10.2. The summed E-state index contributed by atoms with van der Waals surface area (Å²) in [7, 11) is 1.61. The number of nitrogens with zero attached hydrogens (tertiary/aromatic N) is 1. The number of aliphatic imine (C=N–C) groups is 1. The molecule has 0 radical (unpaired) electrons. The highest BCUT2D eigenvalue weighted by atomic mass is 35.5. The van der Waals surface area contributed by atoms with Crippen LogP contribution in [0.2, 0.25) is 5.02 Å². The van der Waals surface area contributed by atoms with Crippen molar-refractivity contribution < 1.29 is 9.53 Å². The lowest BCUT2D eigenvalue weighted by molar-refractivity contribution is -0.115. The number of amides is 1. The third-order valence-electron chi connectivity index (χ3n) is 3.47. The van der Waals surface area contributed by atoms with Crippen molar-refractivity contribution >= 4 is 46.2 Å². The third kappa shape index (κ3) is 3.63. The fourth-order valence-corrected chi connectivity index (χ4v) is 3.21. The third-order valence-corrected chi connectivity index (χ3v) is 4.61. The normalized spacial score (nSPS) is 17.4. The molecule has 2 aromatic carbocycles. The molecule has 0 spiro atoms. The van der Waals surface area contributed by atoms with E-state index in [0.717, 1.165) is 22.6 Å².